The lowest BCUT2D eigenvalue weighted by atomic mass is 10.00. The standard InChI is InChI=1S/C22H23F2N5O2/c1-13-9-15(23)7-8-16(13)20-17-10-25-12-29(31,19-6-4-3-5-18(19)24)21(17)28-22(27-20)26-14(2)11-30/h3-9,14,25,30H,10-12H2,1-2H3,(H,26,27,28)/t14-,29?/m1/s1. The van der Waals surface area contributed by atoms with Crippen LogP contribution in [-0.2, 0) is 6.54 Å². The van der Waals surface area contributed by atoms with Gasteiger partial charge in [-0.2, -0.15) is 4.98 Å². The van der Waals surface area contributed by atoms with Gasteiger partial charge in [-0.1, -0.05) is 12.1 Å². The maximum Gasteiger partial charge on any atom is 0.243 e. The maximum absolute atomic E-state index is 14.6. The van der Waals surface area contributed by atoms with Gasteiger partial charge in [0.05, 0.1) is 17.9 Å². The Hall–Kier alpha value is -2.98. The van der Waals surface area contributed by atoms with Crippen LogP contribution in [0.2, 0.25) is 0 Å². The first kappa shape index (κ1) is 21.3. The van der Waals surface area contributed by atoms with Crippen molar-refractivity contribution < 1.29 is 13.9 Å². The quantitative estimate of drug-likeness (QED) is 0.425. The van der Waals surface area contributed by atoms with Gasteiger partial charge < -0.3 is 15.6 Å². The number of quaternary nitrogens is 1. The smallest absolute Gasteiger partial charge is 0.243 e. The molecular weight excluding hydrogens is 404 g/mol. The summed E-state index contributed by atoms with van der Waals surface area (Å²) in [5, 5.41) is 29.5. The van der Waals surface area contributed by atoms with E-state index in [1.165, 1.54) is 30.3 Å². The van der Waals surface area contributed by atoms with Gasteiger partial charge in [-0.25, -0.2) is 13.8 Å². The molecule has 0 radical (unpaired) electrons. The van der Waals surface area contributed by atoms with E-state index >= 15 is 0 Å². The number of hydroxylamine groups is 1. The molecule has 31 heavy (non-hydrogen) atoms. The van der Waals surface area contributed by atoms with E-state index in [4.69, 9.17) is 0 Å². The summed E-state index contributed by atoms with van der Waals surface area (Å²) >= 11 is 0. The Morgan fingerprint density at radius 1 is 1.23 bits per heavy atom. The highest BCUT2D eigenvalue weighted by Gasteiger charge is 2.37. The SMILES string of the molecule is Cc1cc(F)ccc1-c1nc(N[C@H](C)CO)nc2c1CNC[N+]2([O-])c1ccccc1F. The molecule has 0 aliphatic carbocycles. The third kappa shape index (κ3) is 3.88. The van der Waals surface area contributed by atoms with Gasteiger partial charge in [-0.15, -0.1) is 0 Å². The predicted octanol–water partition coefficient (Wildman–Crippen LogP) is 3.72. The molecule has 0 spiro atoms. The summed E-state index contributed by atoms with van der Waals surface area (Å²) in [6.07, 6.45) is 0. The van der Waals surface area contributed by atoms with Crippen molar-refractivity contribution in [2.24, 2.45) is 0 Å². The Kier molecular flexibility index (Phi) is 5.67. The number of nitrogens with zero attached hydrogens (tertiary/aromatic N) is 3. The van der Waals surface area contributed by atoms with Crippen LogP contribution in [0.25, 0.3) is 11.3 Å². The molecule has 0 saturated heterocycles. The van der Waals surface area contributed by atoms with Gasteiger partial charge in [0.1, 0.15) is 12.5 Å². The Morgan fingerprint density at radius 3 is 2.71 bits per heavy atom. The van der Waals surface area contributed by atoms with Crippen molar-refractivity contribution in [3.63, 3.8) is 0 Å². The first-order valence-electron chi connectivity index (χ1n) is 9.93. The number of aryl methyl sites for hydroxylation is 1. The zero-order valence-electron chi connectivity index (χ0n) is 17.2. The fourth-order valence-corrected chi connectivity index (χ4v) is 3.74. The molecule has 0 bridgehead atoms. The first-order chi connectivity index (χ1) is 14.8. The van der Waals surface area contributed by atoms with E-state index in [0.29, 0.717) is 28.9 Å². The summed E-state index contributed by atoms with van der Waals surface area (Å²) in [7, 11) is 0. The largest absolute Gasteiger partial charge is 0.620 e. The minimum atomic E-state index is -1.15. The lowest BCUT2D eigenvalue weighted by Gasteiger charge is -2.44. The molecule has 7 nitrogen and oxygen atoms in total. The molecule has 0 fully saturated rings. The molecular formula is C22H23F2N5O2. The molecule has 2 heterocycles. The van der Waals surface area contributed by atoms with E-state index < -0.39 is 10.5 Å². The Bertz CT molecular complexity index is 1130. The summed E-state index contributed by atoms with van der Waals surface area (Å²) in [5.41, 5.74) is 2.18. The van der Waals surface area contributed by atoms with Crippen LogP contribution in [0.1, 0.15) is 18.1 Å². The van der Waals surface area contributed by atoms with Crippen molar-refractivity contribution in [1.29, 1.82) is 0 Å². The van der Waals surface area contributed by atoms with Crippen molar-refractivity contribution in [2.75, 3.05) is 18.6 Å². The van der Waals surface area contributed by atoms with Gasteiger partial charge in [-0.05, 0) is 43.7 Å². The van der Waals surface area contributed by atoms with Gasteiger partial charge in [-0.3, -0.25) is 9.96 Å². The molecule has 162 valence electrons. The minimum absolute atomic E-state index is 0.0717. The second-order valence-electron chi connectivity index (χ2n) is 7.66. The minimum Gasteiger partial charge on any atom is -0.620 e. The van der Waals surface area contributed by atoms with Crippen molar-refractivity contribution in [3.05, 3.63) is 70.4 Å². The monoisotopic (exact) mass is 427 g/mol. The molecule has 3 aromatic rings. The number of rotatable bonds is 5. The molecule has 1 aliphatic rings. The summed E-state index contributed by atoms with van der Waals surface area (Å²) in [4.78, 5) is 9.03. The topological polar surface area (TPSA) is 93.1 Å². The van der Waals surface area contributed by atoms with Crippen molar-refractivity contribution in [3.8, 4) is 11.3 Å². The summed E-state index contributed by atoms with van der Waals surface area (Å²) < 4.78 is 27.2. The Labute approximate surface area is 178 Å². The Balaban J connectivity index is 1.97. The number of benzene rings is 2. The second kappa shape index (κ2) is 8.27. The van der Waals surface area contributed by atoms with E-state index in [1.54, 1.807) is 26.0 Å². The highest BCUT2D eigenvalue weighted by Crippen LogP contribution is 2.42. The number of halogens is 2. The predicted molar refractivity (Wildman–Crippen MR) is 115 cm³/mol. The van der Waals surface area contributed by atoms with E-state index in [-0.39, 0.29) is 42.6 Å². The van der Waals surface area contributed by atoms with Gasteiger partial charge >= 0.3 is 0 Å². The highest BCUT2D eigenvalue weighted by molar-refractivity contribution is 5.75. The van der Waals surface area contributed by atoms with E-state index in [2.05, 4.69) is 20.6 Å². The van der Waals surface area contributed by atoms with Gasteiger partial charge in [0, 0.05) is 24.2 Å². The van der Waals surface area contributed by atoms with Crippen LogP contribution in [0, 0.1) is 23.8 Å². The lowest BCUT2D eigenvalue weighted by molar-refractivity contribution is 0.281. The Morgan fingerprint density at radius 2 is 2.00 bits per heavy atom. The lowest BCUT2D eigenvalue weighted by Crippen LogP contribution is -2.50. The summed E-state index contributed by atoms with van der Waals surface area (Å²) in [6, 6.07) is 9.74. The third-order valence-electron chi connectivity index (χ3n) is 5.30. The van der Waals surface area contributed by atoms with E-state index in [0.717, 1.165) is 0 Å². The number of fused-ring (bicyclic) bond motifs is 1. The molecule has 1 aliphatic heterocycles. The van der Waals surface area contributed by atoms with Crippen LogP contribution in [0.3, 0.4) is 0 Å². The number of aliphatic hydroxyl groups is 1. The average molecular weight is 427 g/mol. The zero-order chi connectivity index (χ0) is 22.2. The molecule has 1 unspecified atom stereocenters. The molecule has 0 amide bonds. The van der Waals surface area contributed by atoms with E-state index in [1.807, 2.05) is 0 Å². The van der Waals surface area contributed by atoms with Crippen LogP contribution in [0.5, 0.6) is 0 Å². The molecule has 9 heteroatoms. The van der Waals surface area contributed by atoms with Gasteiger partial charge in [0.2, 0.25) is 11.8 Å². The average Bonchev–Trinajstić information content (AvgIpc) is 2.74. The normalized spacial score (nSPS) is 19.0. The van der Waals surface area contributed by atoms with Crippen LogP contribution in [0.4, 0.5) is 26.2 Å². The number of aromatic nitrogens is 2. The fourth-order valence-electron chi connectivity index (χ4n) is 3.74. The summed E-state index contributed by atoms with van der Waals surface area (Å²) in [5.74, 6) is -0.779. The molecule has 1 aromatic heterocycles. The number of hydrogen-bond acceptors (Lipinski definition) is 6. The molecule has 3 N–H and O–H groups in total. The second-order valence-corrected chi connectivity index (χ2v) is 7.66. The highest BCUT2D eigenvalue weighted by atomic mass is 19.1. The van der Waals surface area contributed by atoms with Crippen LogP contribution in [-0.4, -0.2) is 34.4 Å². The van der Waals surface area contributed by atoms with E-state index in [9.17, 15) is 19.1 Å². The number of nitrogens with one attached hydrogen (secondary N) is 2. The van der Waals surface area contributed by atoms with Crippen molar-refractivity contribution in [1.82, 2.24) is 19.9 Å². The molecule has 2 atom stereocenters. The van der Waals surface area contributed by atoms with Crippen LogP contribution < -0.4 is 15.3 Å². The number of hydrogen-bond donors (Lipinski definition) is 3. The first-order valence-corrected chi connectivity index (χ1v) is 9.93. The number of para-hydroxylation sites is 1. The summed E-state index contributed by atoms with van der Waals surface area (Å²) in [6.45, 7) is 3.51. The number of anilines is 1. The number of aliphatic hydroxyl groups excluding tert-OH is 1. The van der Waals surface area contributed by atoms with Gasteiger partial charge in [0.15, 0.2) is 11.5 Å². The fraction of sp³-hybridized carbons (Fsp3) is 0.273. The molecule has 2 aromatic carbocycles. The maximum atomic E-state index is 14.6. The van der Waals surface area contributed by atoms with Gasteiger partial charge in [0.25, 0.3) is 0 Å². The van der Waals surface area contributed by atoms with Crippen molar-refractivity contribution >= 4 is 17.5 Å². The molecule has 4 rings (SSSR count). The van der Waals surface area contributed by atoms with Crippen molar-refractivity contribution in [2.45, 2.75) is 26.4 Å². The zero-order valence-corrected chi connectivity index (χ0v) is 17.2. The molecule has 0 saturated carbocycles. The van der Waals surface area contributed by atoms with Crippen LogP contribution >= 0.6 is 0 Å². The third-order valence-corrected chi connectivity index (χ3v) is 5.30. The van der Waals surface area contributed by atoms with Crippen LogP contribution in [0.15, 0.2) is 42.5 Å².